The van der Waals surface area contributed by atoms with Crippen molar-refractivity contribution in [2.45, 2.75) is 19.9 Å². The van der Waals surface area contributed by atoms with Crippen LogP contribution in [0.5, 0.6) is 11.5 Å². The Balaban J connectivity index is 2.55. The molecule has 8 heteroatoms. The number of carboxylic acid groups (broad SMARTS) is 1. The van der Waals surface area contributed by atoms with Gasteiger partial charge in [-0.2, -0.15) is 0 Å². The van der Waals surface area contributed by atoms with Crippen LogP contribution in [0.4, 0.5) is 0 Å². The molecular weight excluding hydrogens is 288 g/mol. The number of tetrazole rings is 1. The zero-order chi connectivity index (χ0) is 16.3. The van der Waals surface area contributed by atoms with E-state index in [0.717, 1.165) is 0 Å². The Bertz CT molecular complexity index is 646. The van der Waals surface area contributed by atoms with Crippen molar-refractivity contribution in [3.05, 3.63) is 18.2 Å². The zero-order valence-corrected chi connectivity index (χ0v) is 12.8. The van der Waals surface area contributed by atoms with Crippen LogP contribution < -0.4 is 9.47 Å². The first-order valence-corrected chi connectivity index (χ1v) is 6.72. The summed E-state index contributed by atoms with van der Waals surface area (Å²) >= 11 is 0. The Hall–Kier alpha value is -2.64. The van der Waals surface area contributed by atoms with Gasteiger partial charge in [-0.15, -0.1) is 5.10 Å². The van der Waals surface area contributed by atoms with Crippen molar-refractivity contribution in [1.82, 2.24) is 20.2 Å². The third kappa shape index (κ3) is 3.00. The number of hydrogen-bond acceptors (Lipinski definition) is 6. The van der Waals surface area contributed by atoms with Crippen LogP contribution in [-0.2, 0) is 4.79 Å². The fourth-order valence-electron chi connectivity index (χ4n) is 2.18. The molecule has 1 heterocycles. The van der Waals surface area contributed by atoms with E-state index in [4.69, 9.17) is 9.47 Å². The maximum Gasteiger partial charge on any atom is 0.328 e. The highest BCUT2D eigenvalue weighted by atomic mass is 16.5. The highest BCUT2D eigenvalue weighted by molar-refractivity contribution is 5.73. The summed E-state index contributed by atoms with van der Waals surface area (Å²) in [6.45, 7) is 3.60. The molecule has 22 heavy (non-hydrogen) atoms. The van der Waals surface area contributed by atoms with Gasteiger partial charge in [0.05, 0.1) is 14.2 Å². The molecule has 2 rings (SSSR count). The van der Waals surface area contributed by atoms with E-state index in [9.17, 15) is 9.90 Å². The monoisotopic (exact) mass is 306 g/mol. The molecule has 1 atom stereocenters. The van der Waals surface area contributed by atoms with Crippen LogP contribution in [0.2, 0.25) is 0 Å². The SMILES string of the molecule is COc1cc(OC)cc(-c2nnnn2C(C(=O)O)C(C)C)c1. The minimum absolute atomic E-state index is 0.174. The first-order chi connectivity index (χ1) is 10.5. The molecule has 0 saturated heterocycles. The topological polar surface area (TPSA) is 99.4 Å². The van der Waals surface area contributed by atoms with Gasteiger partial charge in [0.2, 0.25) is 0 Å². The summed E-state index contributed by atoms with van der Waals surface area (Å²) in [4.78, 5) is 11.5. The standard InChI is InChI=1S/C14H18N4O4/c1-8(2)12(14(19)20)18-13(15-16-17-18)9-5-10(21-3)7-11(6-9)22-4/h5-8,12H,1-4H3,(H,19,20). The van der Waals surface area contributed by atoms with E-state index < -0.39 is 12.0 Å². The summed E-state index contributed by atoms with van der Waals surface area (Å²) in [6, 6.07) is 4.31. The molecule has 2 aromatic rings. The maximum absolute atomic E-state index is 11.5. The van der Waals surface area contributed by atoms with Crippen LogP contribution >= 0.6 is 0 Å². The van der Waals surface area contributed by atoms with Crippen LogP contribution in [0, 0.1) is 5.92 Å². The Morgan fingerprint density at radius 1 is 1.18 bits per heavy atom. The van der Waals surface area contributed by atoms with E-state index in [1.807, 2.05) is 0 Å². The van der Waals surface area contributed by atoms with E-state index in [1.165, 1.54) is 18.9 Å². The van der Waals surface area contributed by atoms with Crippen molar-refractivity contribution < 1.29 is 19.4 Å². The number of ether oxygens (including phenoxy) is 2. The number of nitrogens with zero attached hydrogens (tertiary/aromatic N) is 4. The third-order valence-electron chi connectivity index (χ3n) is 3.25. The van der Waals surface area contributed by atoms with Crippen molar-refractivity contribution in [2.24, 2.45) is 5.92 Å². The summed E-state index contributed by atoms with van der Waals surface area (Å²) in [5.74, 6) is 0.324. The van der Waals surface area contributed by atoms with Gasteiger partial charge < -0.3 is 14.6 Å². The predicted octanol–water partition coefficient (Wildman–Crippen LogP) is 1.64. The van der Waals surface area contributed by atoms with Gasteiger partial charge in [-0.1, -0.05) is 13.8 Å². The highest BCUT2D eigenvalue weighted by Crippen LogP contribution is 2.30. The number of aliphatic carboxylic acids is 1. The van der Waals surface area contributed by atoms with Crippen LogP contribution in [0.1, 0.15) is 19.9 Å². The van der Waals surface area contributed by atoms with Gasteiger partial charge in [-0.25, -0.2) is 9.48 Å². The van der Waals surface area contributed by atoms with Gasteiger partial charge in [-0.05, 0) is 28.5 Å². The Morgan fingerprint density at radius 3 is 2.23 bits per heavy atom. The van der Waals surface area contributed by atoms with Gasteiger partial charge in [0.1, 0.15) is 11.5 Å². The van der Waals surface area contributed by atoms with Gasteiger partial charge >= 0.3 is 5.97 Å². The number of hydrogen-bond donors (Lipinski definition) is 1. The summed E-state index contributed by atoms with van der Waals surface area (Å²) in [7, 11) is 3.07. The third-order valence-corrected chi connectivity index (χ3v) is 3.25. The molecular formula is C14H18N4O4. The molecule has 1 aromatic heterocycles. The molecule has 0 aliphatic rings. The Labute approximate surface area is 127 Å². The van der Waals surface area contributed by atoms with Gasteiger partial charge in [0, 0.05) is 11.6 Å². The Morgan fingerprint density at radius 2 is 1.77 bits per heavy atom. The Kier molecular flexibility index (Phi) is 4.59. The molecule has 0 amide bonds. The van der Waals surface area contributed by atoms with Crippen LogP contribution in [0.15, 0.2) is 18.2 Å². The van der Waals surface area contributed by atoms with Crippen LogP contribution in [0.25, 0.3) is 11.4 Å². The van der Waals surface area contributed by atoms with Crippen molar-refractivity contribution in [3.8, 4) is 22.9 Å². The zero-order valence-electron chi connectivity index (χ0n) is 12.8. The van der Waals surface area contributed by atoms with Gasteiger partial charge in [0.15, 0.2) is 11.9 Å². The highest BCUT2D eigenvalue weighted by Gasteiger charge is 2.28. The quantitative estimate of drug-likeness (QED) is 0.866. The minimum atomic E-state index is -0.988. The summed E-state index contributed by atoms with van der Waals surface area (Å²) < 4.78 is 11.7. The summed E-state index contributed by atoms with van der Waals surface area (Å²) in [6.07, 6.45) is 0. The van der Waals surface area contributed by atoms with Crippen LogP contribution in [-0.4, -0.2) is 45.5 Å². The number of benzene rings is 1. The molecule has 118 valence electrons. The molecule has 0 bridgehead atoms. The lowest BCUT2D eigenvalue weighted by Gasteiger charge is -2.17. The molecule has 0 spiro atoms. The second kappa shape index (κ2) is 6.42. The van der Waals surface area contributed by atoms with Crippen molar-refractivity contribution in [1.29, 1.82) is 0 Å². The number of carbonyl (C=O) groups is 1. The maximum atomic E-state index is 11.5. The fraction of sp³-hybridized carbons (Fsp3) is 0.429. The summed E-state index contributed by atoms with van der Waals surface area (Å²) in [5, 5.41) is 20.8. The van der Waals surface area contributed by atoms with E-state index >= 15 is 0 Å². The predicted molar refractivity (Wildman–Crippen MR) is 77.9 cm³/mol. The number of aromatic nitrogens is 4. The smallest absolute Gasteiger partial charge is 0.328 e. The van der Waals surface area contributed by atoms with Crippen molar-refractivity contribution in [2.75, 3.05) is 14.2 Å². The lowest BCUT2D eigenvalue weighted by Crippen LogP contribution is -2.26. The molecule has 0 fully saturated rings. The summed E-state index contributed by atoms with van der Waals surface area (Å²) in [5.41, 5.74) is 0.619. The minimum Gasteiger partial charge on any atom is -0.497 e. The van der Waals surface area contributed by atoms with Gasteiger partial charge in [-0.3, -0.25) is 0 Å². The molecule has 1 aromatic carbocycles. The molecule has 0 radical (unpaired) electrons. The second-order valence-electron chi connectivity index (χ2n) is 5.08. The lowest BCUT2D eigenvalue weighted by molar-refractivity contribution is -0.142. The largest absolute Gasteiger partial charge is 0.497 e. The number of rotatable bonds is 6. The van der Waals surface area contributed by atoms with E-state index in [-0.39, 0.29) is 5.92 Å². The normalized spacial score (nSPS) is 12.2. The van der Waals surface area contributed by atoms with E-state index in [1.54, 1.807) is 32.0 Å². The van der Waals surface area contributed by atoms with E-state index in [2.05, 4.69) is 15.5 Å². The van der Waals surface area contributed by atoms with Crippen molar-refractivity contribution in [3.63, 3.8) is 0 Å². The lowest BCUT2D eigenvalue weighted by atomic mass is 10.0. The van der Waals surface area contributed by atoms with Crippen LogP contribution in [0.3, 0.4) is 0 Å². The molecule has 0 aliphatic carbocycles. The average Bonchev–Trinajstić information content (AvgIpc) is 2.94. The second-order valence-corrected chi connectivity index (χ2v) is 5.08. The molecule has 0 saturated carbocycles. The number of carboxylic acids is 1. The number of methoxy groups -OCH3 is 2. The molecule has 0 aliphatic heterocycles. The first-order valence-electron chi connectivity index (χ1n) is 6.72. The fourth-order valence-corrected chi connectivity index (χ4v) is 2.18. The van der Waals surface area contributed by atoms with E-state index in [0.29, 0.717) is 22.9 Å². The van der Waals surface area contributed by atoms with Gasteiger partial charge in [0.25, 0.3) is 0 Å². The molecule has 1 N–H and O–H groups in total. The van der Waals surface area contributed by atoms with Crippen molar-refractivity contribution >= 4 is 5.97 Å². The first kappa shape index (κ1) is 15.7. The molecule has 1 unspecified atom stereocenters. The molecule has 8 nitrogen and oxygen atoms in total. The average molecular weight is 306 g/mol.